The van der Waals surface area contributed by atoms with Gasteiger partial charge in [0.2, 0.25) is 0 Å². The molecule has 1 heterocycles. The molecule has 0 spiro atoms. The fraction of sp³-hybridized carbons (Fsp3) is 0.462. The highest BCUT2D eigenvalue weighted by molar-refractivity contribution is 5.74. The zero-order chi connectivity index (χ0) is 14.5. The minimum absolute atomic E-state index is 0.0271. The standard InChI is InChI=1S/C13H17N3O4/c17-12-2-1-7-15(9-12)13(18)14-8-10-3-5-11(6-4-10)16(19)20/h3-6,12,17H,1-2,7-9H2,(H,14,18). The fourth-order valence-corrected chi connectivity index (χ4v) is 2.16. The lowest BCUT2D eigenvalue weighted by atomic mass is 10.1. The van der Waals surface area contributed by atoms with Crippen LogP contribution in [0.3, 0.4) is 0 Å². The summed E-state index contributed by atoms with van der Waals surface area (Å²) in [5.74, 6) is 0. The SMILES string of the molecule is O=C(NCc1ccc([N+](=O)[O-])cc1)N1CCCC(O)C1. The predicted molar refractivity (Wildman–Crippen MR) is 72.1 cm³/mol. The van der Waals surface area contributed by atoms with Crippen LogP contribution >= 0.6 is 0 Å². The molecular weight excluding hydrogens is 262 g/mol. The normalized spacial score (nSPS) is 18.6. The number of nitro benzene ring substituents is 1. The Labute approximate surface area is 116 Å². The number of hydrogen-bond acceptors (Lipinski definition) is 4. The lowest BCUT2D eigenvalue weighted by Crippen LogP contribution is -2.46. The summed E-state index contributed by atoms with van der Waals surface area (Å²) in [6, 6.07) is 5.83. The van der Waals surface area contributed by atoms with Crippen LogP contribution in [0.25, 0.3) is 0 Å². The number of likely N-dealkylation sites (tertiary alicyclic amines) is 1. The van der Waals surface area contributed by atoms with Gasteiger partial charge < -0.3 is 15.3 Å². The van der Waals surface area contributed by atoms with E-state index in [0.29, 0.717) is 19.6 Å². The van der Waals surface area contributed by atoms with E-state index in [1.54, 1.807) is 17.0 Å². The summed E-state index contributed by atoms with van der Waals surface area (Å²) in [7, 11) is 0. The van der Waals surface area contributed by atoms with E-state index in [4.69, 9.17) is 0 Å². The highest BCUT2D eigenvalue weighted by Gasteiger charge is 2.21. The minimum Gasteiger partial charge on any atom is -0.391 e. The van der Waals surface area contributed by atoms with Crippen molar-refractivity contribution in [3.05, 3.63) is 39.9 Å². The molecule has 0 radical (unpaired) electrons. The maximum atomic E-state index is 11.9. The maximum absolute atomic E-state index is 11.9. The second kappa shape index (κ2) is 6.33. The summed E-state index contributed by atoms with van der Waals surface area (Å²) < 4.78 is 0. The summed E-state index contributed by atoms with van der Waals surface area (Å²) in [5.41, 5.74) is 0.820. The lowest BCUT2D eigenvalue weighted by molar-refractivity contribution is -0.384. The minimum atomic E-state index is -0.461. The van der Waals surface area contributed by atoms with E-state index < -0.39 is 11.0 Å². The fourth-order valence-electron chi connectivity index (χ4n) is 2.16. The average Bonchev–Trinajstić information content (AvgIpc) is 2.45. The van der Waals surface area contributed by atoms with Crippen LogP contribution in [0, 0.1) is 10.1 Å². The van der Waals surface area contributed by atoms with Crippen molar-refractivity contribution < 1.29 is 14.8 Å². The van der Waals surface area contributed by atoms with Gasteiger partial charge in [0.1, 0.15) is 0 Å². The van der Waals surface area contributed by atoms with Crippen LogP contribution in [0.2, 0.25) is 0 Å². The first kappa shape index (κ1) is 14.3. The molecule has 2 amide bonds. The Bertz CT molecular complexity index is 489. The first-order valence-electron chi connectivity index (χ1n) is 6.50. The summed E-state index contributed by atoms with van der Waals surface area (Å²) in [6.45, 7) is 1.30. The summed E-state index contributed by atoms with van der Waals surface area (Å²) in [5, 5.41) is 22.8. The number of urea groups is 1. The second-order valence-electron chi connectivity index (χ2n) is 4.82. The highest BCUT2D eigenvalue weighted by atomic mass is 16.6. The lowest BCUT2D eigenvalue weighted by Gasteiger charge is -2.30. The van der Waals surface area contributed by atoms with Gasteiger partial charge in [-0.1, -0.05) is 12.1 Å². The van der Waals surface area contributed by atoms with Crippen molar-refractivity contribution in [2.75, 3.05) is 13.1 Å². The zero-order valence-electron chi connectivity index (χ0n) is 11.0. The van der Waals surface area contributed by atoms with Gasteiger partial charge in [-0.3, -0.25) is 10.1 Å². The van der Waals surface area contributed by atoms with E-state index in [1.807, 2.05) is 0 Å². The van der Waals surface area contributed by atoms with Crippen molar-refractivity contribution in [1.29, 1.82) is 0 Å². The summed E-state index contributed by atoms with van der Waals surface area (Å²) in [4.78, 5) is 23.5. The quantitative estimate of drug-likeness (QED) is 0.643. The maximum Gasteiger partial charge on any atom is 0.317 e. The van der Waals surface area contributed by atoms with Crippen LogP contribution in [-0.2, 0) is 6.54 Å². The third kappa shape index (κ3) is 3.67. The Morgan fingerprint density at radius 2 is 2.15 bits per heavy atom. The van der Waals surface area contributed by atoms with Crippen LogP contribution in [0.4, 0.5) is 10.5 Å². The summed E-state index contributed by atoms with van der Waals surface area (Å²) in [6.07, 6.45) is 1.08. The van der Waals surface area contributed by atoms with Crippen molar-refractivity contribution in [2.24, 2.45) is 0 Å². The molecule has 1 fully saturated rings. The van der Waals surface area contributed by atoms with Crippen LogP contribution in [0.5, 0.6) is 0 Å². The smallest absolute Gasteiger partial charge is 0.317 e. The molecule has 1 aliphatic rings. The van der Waals surface area contributed by atoms with E-state index in [2.05, 4.69) is 5.32 Å². The van der Waals surface area contributed by atoms with E-state index >= 15 is 0 Å². The average molecular weight is 279 g/mol. The number of hydrogen-bond donors (Lipinski definition) is 2. The van der Waals surface area contributed by atoms with Gasteiger partial charge in [0.15, 0.2) is 0 Å². The molecule has 0 aromatic heterocycles. The molecular formula is C13H17N3O4. The van der Waals surface area contributed by atoms with E-state index in [-0.39, 0.29) is 11.7 Å². The number of carbonyl (C=O) groups is 1. The number of amides is 2. The first-order chi connectivity index (χ1) is 9.56. The van der Waals surface area contributed by atoms with Gasteiger partial charge in [-0.2, -0.15) is 0 Å². The Hall–Kier alpha value is -2.15. The number of nitrogens with zero attached hydrogens (tertiary/aromatic N) is 2. The molecule has 2 rings (SSSR count). The largest absolute Gasteiger partial charge is 0.391 e. The Morgan fingerprint density at radius 1 is 1.45 bits per heavy atom. The summed E-state index contributed by atoms with van der Waals surface area (Å²) >= 11 is 0. The number of nitro groups is 1. The number of rotatable bonds is 3. The topological polar surface area (TPSA) is 95.7 Å². The van der Waals surface area contributed by atoms with Gasteiger partial charge in [-0.25, -0.2) is 4.79 Å². The second-order valence-corrected chi connectivity index (χ2v) is 4.82. The van der Waals surface area contributed by atoms with Crippen LogP contribution in [0.1, 0.15) is 18.4 Å². The monoisotopic (exact) mass is 279 g/mol. The number of aliphatic hydroxyl groups excluding tert-OH is 1. The van der Waals surface area contributed by atoms with Crippen LogP contribution in [0.15, 0.2) is 24.3 Å². The van der Waals surface area contributed by atoms with Crippen molar-refractivity contribution in [3.63, 3.8) is 0 Å². The number of β-amino-alcohol motifs (C(OH)–C–C–N with tert-alkyl or cyclic N) is 1. The molecule has 1 aliphatic heterocycles. The predicted octanol–water partition coefficient (Wildman–Crippen LogP) is 1.26. The molecule has 7 nitrogen and oxygen atoms in total. The Kier molecular flexibility index (Phi) is 4.52. The van der Waals surface area contributed by atoms with Gasteiger partial charge in [0, 0.05) is 31.8 Å². The van der Waals surface area contributed by atoms with E-state index in [9.17, 15) is 20.0 Å². The molecule has 108 valence electrons. The van der Waals surface area contributed by atoms with Crippen LogP contribution < -0.4 is 5.32 Å². The number of nitrogens with one attached hydrogen (secondary N) is 1. The van der Waals surface area contributed by atoms with Gasteiger partial charge in [0.25, 0.3) is 5.69 Å². The van der Waals surface area contributed by atoms with Crippen molar-refractivity contribution in [1.82, 2.24) is 10.2 Å². The van der Waals surface area contributed by atoms with Gasteiger partial charge in [-0.05, 0) is 18.4 Å². The first-order valence-corrected chi connectivity index (χ1v) is 6.50. The Morgan fingerprint density at radius 3 is 2.75 bits per heavy atom. The molecule has 1 saturated heterocycles. The number of piperidine rings is 1. The molecule has 0 bridgehead atoms. The number of aliphatic hydroxyl groups is 1. The molecule has 1 unspecified atom stereocenters. The van der Waals surface area contributed by atoms with Crippen molar-refractivity contribution >= 4 is 11.7 Å². The number of non-ortho nitro benzene ring substituents is 1. The zero-order valence-corrected chi connectivity index (χ0v) is 11.0. The molecule has 2 N–H and O–H groups in total. The van der Waals surface area contributed by atoms with Crippen molar-refractivity contribution in [2.45, 2.75) is 25.5 Å². The van der Waals surface area contributed by atoms with E-state index in [0.717, 1.165) is 18.4 Å². The number of benzene rings is 1. The third-order valence-corrected chi connectivity index (χ3v) is 3.27. The molecule has 1 aromatic rings. The molecule has 20 heavy (non-hydrogen) atoms. The molecule has 0 saturated carbocycles. The molecule has 7 heteroatoms. The molecule has 1 atom stereocenters. The Balaban J connectivity index is 1.85. The van der Waals surface area contributed by atoms with Crippen molar-refractivity contribution in [3.8, 4) is 0 Å². The molecule has 0 aliphatic carbocycles. The molecule has 1 aromatic carbocycles. The van der Waals surface area contributed by atoms with Gasteiger partial charge >= 0.3 is 6.03 Å². The van der Waals surface area contributed by atoms with Gasteiger partial charge in [0.05, 0.1) is 11.0 Å². The highest BCUT2D eigenvalue weighted by Crippen LogP contribution is 2.12. The third-order valence-electron chi connectivity index (χ3n) is 3.27. The van der Waals surface area contributed by atoms with Crippen LogP contribution in [-0.4, -0.2) is 40.2 Å². The van der Waals surface area contributed by atoms with E-state index in [1.165, 1.54) is 12.1 Å². The number of carbonyl (C=O) groups excluding carboxylic acids is 1. The van der Waals surface area contributed by atoms with Gasteiger partial charge in [-0.15, -0.1) is 0 Å².